The Morgan fingerprint density at radius 3 is 2.63 bits per heavy atom. The highest BCUT2D eigenvalue weighted by atomic mass is 32.2. The minimum atomic E-state index is -3.64. The van der Waals surface area contributed by atoms with Gasteiger partial charge in [-0.05, 0) is 49.9 Å². The molecule has 1 aromatic heterocycles. The van der Waals surface area contributed by atoms with Gasteiger partial charge in [0, 0.05) is 24.7 Å². The Hall–Kier alpha value is -2.40. The first-order chi connectivity index (χ1) is 13.0. The summed E-state index contributed by atoms with van der Waals surface area (Å²) in [6, 6.07) is 14.7. The van der Waals surface area contributed by atoms with Crippen molar-refractivity contribution in [3.63, 3.8) is 0 Å². The highest BCUT2D eigenvalue weighted by Gasteiger charge is 2.28. The molecule has 0 N–H and O–H groups in total. The standard InChI is InChI=1S/C22H24N2O2S/c1-16-10-11-20-19(13-16)22(24-12-6-7-17(2)15-24)21(14-23-20)27(25,26)18-8-4-3-5-9-18/h3-5,8-11,13-14,17H,6-7,12,15H2,1-2H3/t17-/m0/s1. The van der Waals surface area contributed by atoms with Gasteiger partial charge in [0.2, 0.25) is 9.84 Å². The monoisotopic (exact) mass is 380 g/mol. The van der Waals surface area contributed by atoms with Gasteiger partial charge >= 0.3 is 0 Å². The van der Waals surface area contributed by atoms with Crippen LogP contribution in [0.1, 0.15) is 25.3 Å². The summed E-state index contributed by atoms with van der Waals surface area (Å²) in [6.45, 7) is 5.99. The molecule has 0 unspecified atom stereocenters. The number of sulfone groups is 1. The zero-order valence-corrected chi connectivity index (χ0v) is 16.5. The van der Waals surface area contributed by atoms with Gasteiger partial charge in [0.1, 0.15) is 4.90 Å². The predicted molar refractivity (Wildman–Crippen MR) is 109 cm³/mol. The molecule has 4 nitrogen and oxygen atoms in total. The first kappa shape index (κ1) is 18.0. The summed E-state index contributed by atoms with van der Waals surface area (Å²) in [5.74, 6) is 0.541. The summed E-state index contributed by atoms with van der Waals surface area (Å²) in [6.07, 6.45) is 3.79. The predicted octanol–water partition coefficient (Wildman–Crippen LogP) is 4.61. The Balaban J connectivity index is 1.99. The van der Waals surface area contributed by atoms with Crippen molar-refractivity contribution >= 4 is 26.4 Å². The molecule has 3 aromatic rings. The molecular formula is C22H24N2O2S. The Kier molecular flexibility index (Phi) is 4.64. The summed E-state index contributed by atoms with van der Waals surface area (Å²) >= 11 is 0. The molecule has 0 bridgehead atoms. The van der Waals surface area contributed by atoms with E-state index >= 15 is 0 Å². The molecule has 0 saturated carbocycles. The lowest BCUT2D eigenvalue weighted by atomic mass is 9.99. The van der Waals surface area contributed by atoms with Gasteiger partial charge in [0.15, 0.2) is 0 Å². The van der Waals surface area contributed by atoms with Crippen LogP contribution in [0.2, 0.25) is 0 Å². The van der Waals surface area contributed by atoms with Gasteiger partial charge in [-0.1, -0.05) is 36.8 Å². The highest BCUT2D eigenvalue weighted by molar-refractivity contribution is 7.91. The van der Waals surface area contributed by atoms with Crippen molar-refractivity contribution in [2.24, 2.45) is 5.92 Å². The van der Waals surface area contributed by atoms with E-state index in [4.69, 9.17) is 0 Å². The fourth-order valence-corrected chi connectivity index (χ4v) is 5.37. The molecule has 0 amide bonds. The minimum Gasteiger partial charge on any atom is -0.370 e. The van der Waals surface area contributed by atoms with Crippen LogP contribution in [0.15, 0.2) is 64.5 Å². The third-order valence-electron chi connectivity index (χ3n) is 5.28. The molecule has 5 heteroatoms. The van der Waals surface area contributed by atoms with Crippen LogP contribution in [0.4, 0.5) is 5.69 Å². The lowest BCUT2D eigenvalue weighted by Gasteiger charge is -2.34. The average molecular weight is 381 g/mol. The number of hydrogen-bond acceptors (Lipinski definition) is 4. The molecule has 2 aromatic carbocycles. The molecule has 1 fully saturated rings. The Labute approximate surface area is 160 Å². The van der Waals surface area contributed by atoms with Crippen molar-refractivity contribution in [2.75, 3.05) is 18.0 Å². The lowest BCUT2D eigenvalue weighted by molar-refractivity contribution is 0.446. The van der Waals surface area contributed by atoms with Crippen LogP contribution in [-0.2, 0) is 9.84 Å². The third kappa shape index (κ3) is 3.32. The normalized spacial score (nSPS) is 18.0. The van der Waals surface area contributed by atoms with Gasteiger partial charge in [-0.3, -0.25) is 4.98 Å². The number of pyridine rings is 1. The fourth-order valence-electron chi connectivity index (χ4n) is 3.92. The number of nitrogens with zero attached hydrogens (tertiary/aromatic N) is 2. The molecule has 1 aliphatic heterocycles. The van der Waals surface area contributed by atoms with Crippen LogP contribution in [0, 0.1) is 12.8 Å². The maximum absolute atomic E-state index is 13.4. The van der Waals surface area contributed by atoms with Crippen LogP contribution >= 0.6 is 0 Å². The third-order valence-corrected chi connectivity index (χ3v) is 7.05. The fraction of sp³-hybridized carbons (Fsp3) is 0.318. The molecule has 0 radical (unpaired) electrons. The number of aryl methyl sites for hydroxylation is 1. The summed E-state index contributed by atoms with van der Waals surface area (Å²) in [5, 5.41) is 0.918. The highest BCUT2D eigenvalue weighted by Crippen LogP contribution is 2.38. The molecule has 4 rings (SSSR count). The number of hydrogen-bond donors (Lipinski definition) is 0. The van der Waals surface area contributed by atoms with E-state index in [2.05, 4.69) is 22.9 Å². The quantitative estimate of drug-likeness (QED) is 0.666. The molecule has 0 aliphatic carbocycles. The topological polar surface area (TPSA) is 50.3 Å². The van der Waals surface area contributed by atoms with E-state index in [-0.39, 0.29) is 0 Å². The second-order valence-electron chi connectivity index (χ2n) is 7.50. The van der Waals surface area contributed by atoms with Gasteiger partial charge in [-0.15, -0.1) is 0 Å². The summed E-state index contributed by atoms with van der Waals surface area (Å²) < 4.78 is 26.9. The van der Waals surface area contributed by atoms with Crippen LogP contribution in [0.25, 0.3) is 10.9 Å². The Bertz CT molecular complexity index is 1080. The number of piperidine rings is 1. The summed E-state index contributed by atoms with van der Waals surface area (Å²) in [4.78, 5) is 7.34. The number of rotatable bonds is 3. The van der Waals surface area contributed by atoms with Crippen LogP contribution in [-0.4, -0.2) is 26.5 Å². The van der Waals surface area contributed by atoms with E-state index in [9.17, 15) is 8.42 Å². The van der Waals surface area contributed by atoms with Crippen LogP contribution in [0.5, 0.6) is 0 Å². The maximum Gasteiger partial charge on any atom is 0.210 e. The zero-order chi connectivity index (χ0) is 19.0. The molecule has 27 heavy (non-hydrogen) atoms. The first-order valence-electron chi connectivity index (χ1n) is 9.41. The minimum absolute atomic E-state index is 0.306. The number of fused-ring (bicyclic) bond motifs is 1. The van der Waals surface area contributed by atoms with Crippen molar-refractivity contribution in [3.8, 4) is 0 Å². The summed E-state index contributed by atoms with van der Waals surface area (Å²) in [7, 11) is -3.64. The van der Waals surface area contributed by atoms with Gasteiger partial charge < -0.3 is 4.90 Å². The van der Waals surface area contributed by atoms with E-state index in [1.54, 1.807) is 24.3 Å². The van der Waals surface area contributed by atoms with Crippen LogP contribution < -0.4 is 4.90 Å². The average Bonchev–Trinajstić information content (AvgIpc) is 2.67. The van der Waals surface area contributed by atoms with Gasteiger partial charge in [0.25, 0.3) is 0 Å². The van der Waals surface area contributed by atoms with E-state index in [0.29, 0.717) is 15.7 Å². The number of aromatic nitrogens is 1. The van der Waals surface area contributed by atoms with Crippen molar-refractivity contribution < 1.29 is 8.42 Å². The molecule has 2 heterocycles. The van der Waals surface area contributed by atoms with E-state index < -0.39 is 9.84 Å². The van der Waals surface area contributed by atoms with Crippen LogP contribution in [0.3, 0.4) is 0 Å². The molecule has 1 aliphatic rings. The van der Waals surface area contributed by atoms with Crippen molar-refractivity contribution in [1.29, 1.82) is 0 Å². The second-order valence-corrected chi connectivity index (χ2v) is 9.42. The van der Waals surface area contributed by atoms with Gasteiger partial charge in [0.05, 0.1) is 16.1 Å². The second kappa shape index (κ2) is 6.97. The SMILES string of the molecule is Cc1ccc2ncc(S(=O)(=O)c3ccccc3)c(N3CCC[C@H](C)C3)c2c1. The molecule has 1 atom stereocenters. The van der Waals surface area contributed by atoms with Crippen molar-refractivity contribution in [1.82, 2.24) is 4.98 Å². The van der Waals surface area contributed by atoms with E-state index in [1.807, 2.05) is 25.1 Å². The van der Waals surface area contributed by atoms with Crippen molar-refractivity contribution in [3.05, 3.63) is 60.3 Å². The number of anilines is 1. The molecule has 1 saturated heterocycles. The molecular weight excluding hydrogens is 356 g/mol. The molecule has 0 spiro atoms. The Morgan fingerprint density at radius 1 is 1.11 bits per heavy atom. The number of benzene rings is 2. The van der Waals surface area contributed by atoms with E-state index in [1.165, 1.54) is 12.6 Å². The maximum atomic E-state index is 13.4. The Morgan fingerprint density at radius 2 is 1.89 bits per heavy atom. The first-order valence-corrected chi connectivity index (χ1v) is 10.9. The summed E-state index contributed by atoms with van der Waals surface area (Å²) in [5.41, 5.74) is 2.74. The zero-order valence-electron chi connectivity index (χ0n) is 15.7. The van der Waals surface area contributed by atoms with E-state index in [0.717, 1.165) is 41.7 Å². The van der Waals surface area contributed by atoms with Gasteiger partial charge in [-0.25, -0.2) is 8.42 Å². The van der Waals surface area contributed by atoms with Crippen molar-refractivity contribution in [2.45, 2.75) is 36.5 Å². The smallest absolute Gasteiger partial charge is 0.210 e. The van der Waals surface area contributed by atoms with Gasteiger partial charge in [-0.2, -0.15) is 0 Å². The molecule has 140 valence electrons. The lowest BCUT2D eigenvalue weighted by Crippen LogP contribution is -2.35. The largest absolute Gasteiger partial charge is 0.370 e.